The van der Waals surface area contributed by atoms with Gasteiger partial charge in [-0.2, -0.15) is 0 Å². The van der Waals surface area contributed by atoms with Crippen LogP contribution in [-0.2, 0) is 4.79 Å². The molecule has 0 aromatic carbocycles. The highest BCUT2D eigenvalue weighted by molar-refractivity contribution is 5.99. The molecule has 2 unspecified atom stereocenters. The lowest BCUT2D eigenvalue weighted by molar-refractivity contribution is -0.121. The minimum atomic E-state index is -0.475. The van der Waals surface area contributed by atoms with Gasteiger partial charge in [-0.25, -0.2) is 4.99 Å². The van der Waals surface area contributed by atoms with Crippen molar-refractivity contribution in [2.45, 2.75) is 6.04 Å². The molecule has 0 saturated heterocycles. The molecule has 0 radical (unpaired) electrons. The van der Waals surface area contributed by atoms with Gasteiger partial charge in [-0.1, -0.05) is 6.08 Å². The van der Waals surface area contributed by atoms with Gasteiger partial charge in [0.05, 0.1) is 18.3 Å². The Morgan fingerprint density at radius 2 is 2.50 bits per heavy atom. The Morgan fingerprint density at radius 3 is 2.92 bits per heavy atom. The van der Waals surface area contributed by atoms with E-state index in [2.05, 4.69) is 11.6 Å². The first-order valence-electron chi connectivity index (χ1n) is 3.64. The van der Waals surface area contributed by atoms with E-state index in [1.807, 2.05) is 0 Å². The molecule has 1 rings (SSSR count). The lowest BCUT2D eigenvalue weighted by Gasteiger charge is -2.29. The first-order valence-corrected chi connectivity index (χ1v) is 3.64. The van der Waals surface area contributed by atoms with E-state index in [0.29, 0.717) is 0 Å². The van der Waals surface area contributed by atoms with Gasteiger partial charge in [-0.15, -0.1) is 6.58 Å². The van der Waals surface area contributed by atoms with Crippen molar-refractivity contribution in [3.8, 4) is 0 Å². The molecule has 1 aliphatic heterocycles. The first-order chi connectivity index (χ1) is 5.70. The Labute approximate surface area is 71.1 Å². The number of nitrogens with one attached hydrogen (secondary N) is 1. The van der Waals surface area contributed by atoms with Crippen LogP contribution in [0.3, 0.4) is 0 Å². The Morgan fingerprint density at radius 1 is 1.83 bits per heavy atom. The molecule has 12 heavy (non-hydrogen) atoms. The van der Waals surface area contributed by atoms with Crippen LogP contribution in [0.2, 0.25) is 0 Å². The molecule has 0 fully saturated rings. The predicted octanol–water partition coefficient (Wildman–Crippen LogP) is 0.307. The van der Waals surface area contributed by atoms with Gasteiger partial charge in [0.2, 0.25) is 0 Å². The monoisotopic (exact) mass is 165 g/mol. The Bertz CT molecular complexity index is 247. The zero-order chi connectivity index (χ0) is 9.14. The smallest absolute Gasteiger partial charge is 0.257 e. The lowest BCUT2D eigenvalue weighted by Crippen LogP contribution is -2.43. The van der Waals surface area contributed by atoms with E-state index >= 15 is 0 Å². The maximum atomic E-state index is 11.1. The van der Waals surface area contributed by atoms with Gasteiger partial charge in [0.1, 0.15) is 0 Å². The highest BCUT2D eigenvalue weighted by Crippen LogP contribution is 2.13. The highest BCUT2D eigenvalue weighted by atomic mass is 16.1. The SMILES string of the molecule is C=CC1C(C=N)C(=O)N=CN1C. The normalized spacial score (nSPS) is 28.8. The molecule has 1 heterocycles. The standard InChI is InChI=1S/C8H11N3O/c1-3-7-6(4-9)8(12)10-5-11(7)2/h3-7,9H,1H2,2H3. The van der Waals surface area contributed by atoms with Crippen molar-refractivity contribution in [2.24, 2.45) is 10.9 Å². The molecular formula is C8H11N3O. The average molecular weight is 165 g/mol. The number of aliphatic imine (C=N–C) groups is 1. The fraction of sp³-hybridized carbons (Fsp3) is 0.375. The van der Waals surface area contributed by atoms with Gasteiger partial charge in [0, 0.05) is 13.3 Å². The van der Waals surface area contributed by atoms with Crippen molar-refractivity contribution in [2.75, 3.05) is 7.05 Å². The van der Waals surface area contributed by atoms with Crippen LogP contribution in [-0.4, -0.2) is 36.4 Å². The van der Waals surface area contributed by atoms with E-state index in [0.717, 1.165) is 6.21 Å². The number of carbonyl (C=O) groups is 1. The lowest BCUT2D eigenvalue weighted by atomic mass is 9.98. The van der Waals surface area contributed by atoms with Crippen LogP contribution in [0, 0.1) is 11.3 Å². The summed E-state index contributed by atoms with van der Waals surface area (Å²) in [4.78, 5) is 16.5. The van der Waals surface area contributed by atoms with Crippen LogP contribution < -0.4 is 0 Å². The second kappa shape index (κ2) is 3.30. The van der Waals surface area contributed by atoms with E-state index in [4.69, 9.17) is 5.41 Å². The summed E-state index contributed by atoms with van der Waals surface area (Å²) >= 11 is 0. The number of nitrogens with zero attached hydrogens (tertiary/aromatic N) is 2. The number of rotatable bonds is 2. The summed E-state index contributed by atoms with van der Waals surface area (Å²) in [6, 6.07) is -0.132. The fourth-order valence-electron chi connectivity index (χ4n) is 1.19. The molecule has 4 heteroatoms. The number of hydrogen-bond donors (Lipinski definition) is 1. The summed E-state index contributed by atoms with van der Waals surface area (Å²) in [6.07, 6.45) is 4.23. The molecule has 0 saturated carbocycles. The van der Waals surface area contributed by atoms with Gasteiger partial charge in [-0.05, 0) is 0 Å². The molecule has 1 aliphatic rings. The largest absolute Gasteiger partial charge is 0.358 e. The van der Waals surface area contributed by atoms with E-state index in [1.165, 1.54) is 6.34 Å². The van der Waals surface area contributed by atoms with Gasteiger partial charge < -0.3 is 10.3 Å². The van der Waals surface area contributed by atoms with Crippen molar-refractivity contribution in [3.63, 3.8) is 0 Å². The van der Waals surface area contributed by atoms with Crippen LogP contribution in [0.4, 0.5) is 0 Å². The van der Waals surface area contributed by atoms with Gasteiger partial charge >= 0.3 is 0 Å². The third kappa shape index (κ3) is 1.28. The Kier molecular flexibility index (Phi) is 2.38. The van der Waals surface area contributed by atoms with Gasteiger partial charge in [0.25, 0.3) is 5.91 Å². The molecule has 1 amide bonds. The van der Waals surface area contributed by atoms with Crippen LogP contribution >= 0.6 is 0 Å². The maximum Gasteiger partial charge on any atom is 0.257 e. The summed E-state index contributed by atoms with van der Waals surface area (Å²) < 4.78 is 0. The van der Waals surface area contributed by atoms with Crippen molar-refractivity contribution >= 4 is 18.5 Å². The van der Waals surface area contributed by atoms with E-state index in [9.17, 15) is 4.79 Å². The number of carbonyl (C=O) groups excluding carboxylic acids is 1. The predicted molar refractivity (Wildman–Crippen MR) is 47.5 cm³/mol. The minimum Gasteiger partial charge on any atom is -0.358 e. The first kappa shape index (κ1) is 8.64. The molecule has 0 spiro atoms. The molecule has 0 bridgehead atoms. The van der Waals surface area contributed by atoms with E-state index < -0.39 is 5.92 Å². The summed E-state index contributed by atoms with van der Waals surface area (Å²) in [6.45, 7) is 3.61. The quantitative estimate of drug-likeness (QED) is 0.473. The number of hydrogen-bond acceptors (Lipinski definition) is 3. The van der Waals surface area contributed by atoms with E-state index in [-0.39, 0.29) is 11.9 Å². The highest BCUT2D eigenvalue weighted by Gasteiger charge is 2.29. The molecule has 2 atom stereocenters. The molecule has 64 valence electrons. The van der Waals surface area contributed by atoms with Crippen LogP contribution in [0.25, 0.3) is 0 Å². The van der Waals surface area contributed by atoms with Gasteiger partial charge in [-0.3, -0.25) is 4.79 Å². The molecule has 4 nitrogen and oxygen atoms in total. The van der Waals surface area contributed by atoms with E-state index in [1.54, 1.807) is 18.0 Å². The molecule has 0 aromatic rings. The summed E-state index contributed by atoms with van der Waals surface area (Å²) in [7, 11) is 1.80. The number of likely N-dealkylation sites (N-methyl/N-ethyl adjacent to an activating group) is 1. The third-order valence-corrected chi connectivity index (χ3v) is 1.91. The topological polar surface area (TPSA) is 56.5 Å². The zero-order valence-corrected chi connectivity index (χ0v) is 6.90. The summed E-state index contributed by atoms with van der Waals surface area (Å²) in [5, 5.41) is 7.06. The molecule has 0 aliphatic carbocycles. The zero-order valence-electron chi connectivity index (χ0n) is 6.90. The minimum absolute atomic E-state index is 0.132. The van der Waals surface area contributed by atoms with Crippen molar-refractivity contribution in [1.29, 1.82) is 5.41 Å². The van der Waals surface area contributed by atoms with Crippen molar-refractivity contribution in [3.05, 3.63) is 12.7 Å². The second-order valence-electron chi connectivity index (χ2n) is 2.67. The Hall–Kier alpha value is -1.45. The van der Waals surface area contributed by atoms with Gasteiger partial charge in [0.15, 0.2) is 0 Å². The van der Waals surface area contributed by atoms with Crippen molar-refractivity contribution in [1.82, 2.24) is 4.90 Å². The number of amides is 1. The Balaban J connectivity index is 2.95. The summed E-state index contributed by atoms with van der Waals surface area (Å²) in [5.41, 5.74) is 0. The van der Waals surface area contributed by atoms with Crippen LogP contribution in [0.1, 0.15) is 0 Å². The third-order valence-electron chi connectivity index (χ3n) is 1.91. The summed E-state index contributed by atoms with van der Waals surface area (Å²) in [5.74, 6) is -0.745. The molecule has 1 N–H and O–H groups in total. The van der Waals surface area contributed by atoms with Crippen LogP contribution in [0.5, 0.6) is 0 Å². The molecule has 0 aromatic heterocycles. The van der Waals surface area contributed by atoms with Crippen LogP contribution in [0.15, 0.2) is 17.6 Å². The average Bonchev–Trinajstić information content (AvgIpc) is 2.08. The second-order valence-corrected chi connectivity index (χ2v) is 2.67. The van der Waals surface area contributed by atoms with Crippen molar-refractivity contribution < 1.29 is 4.79 Å². The maximum absolute atomic E-state index is 11.1. The fourth-order valence-corrected chi connectivity index (χ4v) is 1.19. The molecular weight excluding hydrogens is 154 g/mol.